The van der Waals surface area contributed by atoms with Crippen LogP contribution in [0.1, 0.15) is 0 Å². The molecule has 0 atom stereocenters. The first-order valence-corrected chi connectivity index (χ1v) is 5.00. The molecule has 1 aromatic carbocycles. The summed E-state index contributed by atoms with van der Waals surface area (Å²) < 4.78 is 5.16. The summed E-state index contributed by atoms with van der Waals surface area (Å²) in [6.45, 7) is 2.48. The summed E-state index contributed by atoms with van der Waals surface area (Å²) in [7, 11) is 0. The molecule has 1 fully saturated rings. The van der Waals surface area contributed by atoms with E-state index in [9.17, 15) is 4.79 Å². The normalized spacial score (nSPS) is 16.1. The smallest absolute Gasteiger partial charge is 0.344 e. The van der Waals surface area contributed by atoms with E-state index < -0.39 is 0 Å². The number of hydrogen-bond acceptors (Lipinski definition) is 2. The fraction of sp³-hybridized carbons (Fsp3) is 0.364. The Morgan fingerprint density at radius 1 is 1.20 bits per heavy atom. The lowest BCUT2D eigenvalue weighted by Crippen LogP contribution is -2.42. The lowest BCUT2D eigenvalue weighted by atomic mass is 10.3. The molecule has 1 aromatic rings. The van der Waals surface area contributed by atoms with Gasteiger partial charge in [0.1, 0.15) is 0 Å². The number of hydrogen-bond donors (Lipinski definition) is 0. The van der Waals surface area contributed by atoms with Crippen molar-refractivity contribution in [3.8, 4) is 0 Å². The van der Waals surface area contributed by atoms with E-state index in [1.165, 1.54) is 0 Å². The number of benzene rings is 1. The molecule has 4 nitrogen and oxygen atoms in total. The molecule has 79 valence electrons. The van der Waals surface area contributed by atoms with E-state index in [0.29, 0.717) is 32.0 Å². The van der Waals surface area contributed by atoms with Crippen LogP contribution in [0.2, 0.25) is 0 Å². The van der Waals surface area contributed by atoms with E-state index in [0.717, 1.165) is 0 Å². The van der Waals surface area contributed by atoms with Gasteiger partial charge in [0.05, 0.1) is 18.9 Å². The van der Waals surface area contributed by atoms with Crippen molar-refractivity contribution >= 4 is 11.7 Å². The van der Waals surface area contributed by atoms with E-state index in [1.807, 2.05) is 30.3 Å². The second-order valence-corrected chi connectivity index (χ2v) is 3.33. The Hall–Kier alpha value is -1.55. The number of carbonyl (C=O) groups is 1. The molecule has 0 bridgehead atoms. The molecule has 0 spiro atoms. The van der Waals surface area contributed by atoms with Crippen LogP contribution < -0.4 is 5.32 Å². The standard InChI is InChI=1S/C11H13N2O2/c14-11(13-6-8-15-9-7-13)12-10-4-2-1-3-5-10/h1-5H,6-9H2. The van der Waals surface area contributed by atoms with E-state index in [4.69, 9.17) is 4.74 Å². The molecule has 4 heteroatoms. The average molecular weight is 205 g/mol. The molecule has 1 aliphatic rings. The molecule has 0 saturated carbocycles. The van der Waals surface area contributed by atoms with Gasteiger partial charge in [0.15, 0.2) is 0 Å². The Morgan fingerprint density at radius 3 is 2.53 bits per heavy atom. The minimum absolute atomic E-state index is 0.176. The summed E-state index contributed by atoms with van der Waals surface area (Å²) in [6.07, 6.45) is 0. The molecule has 1 radical (unpaired) electrons. The largest absolute Gasteiger partial charge is 0.378 e. The second kappa shape index (κ2) is 4.79. The van der Waals surface area contributed by atoms with Crippen LogP contribution >= 0.6 is 0 Å². The summed E-state index contributed by atoms with van der Waals surface area (Å²) in [5, 5.41) is 4.01. The molecule has 2 amide bonds. The number of morpholine rings is 1. The van der Waals surface area contributed by atoms with Crippen LogP contribution in [0.15, 0.2) is 30.3 Å². The molecule has 15 heavy (non-hydrogen) atoms. The van der Waals surface area contributed by atoms with Gasteiger partial charge in [0.2, 0.25) is 0 Å². The van der Waals surface area contributed by atoms with Gasteiger partial charge in [-0.05, 0) is 12.1 Å². The number of carbonyl (C=O) groups excluding carboxylic acids is 1. The third kappa shape index (κ3) is 2.70. The molecular weight excluding hydrogens is 192 g/mol. The highest BCUT2D eigenvalue weighted by Gasteiger charge is 2.17. The minimum Gasteiger partial charge on any atom is -0.378 e. The van der Waals surface area contributed by atoms with Gasteiger partial charge in [-0.1, -0.05) is 18.2 Å². The molecule has 1 aliphatic heterocycles. The third-order valence-electron chi connectivity index (χ3n) is 2.26. The number of ether oxygens (including phenoxy) is 1. The lowest BCUT2D eigenvalue weighted by Gasteiger charge is -2.25. The Kier molecular flexibility index (Phi) is 3.19. The van der Waals surface area contributed by atoms with Crippen molar-refractivity contribution in [1.29, 1.82) is 0 Å². The van der Waals surface area contributed by atoms with Crippen molar-refractivity contribution in [2.75, 3.05) is 26.3 Å². The van der Waals surface area contributed by atoms with Gasteiger partial charge in [0.25, 0.3) is 0 Å². The number of para-hydroxylation sites is 1. The van der Waals surface area contributed by atoms with Crippen LogP contribution in [0.5, 0.6) is 0 Å². The summed E-state index contributed by atoms with van der Waals surface area (Å²) in [5.41, 5.74) is 0.703. The van der Waals surface area contributed by atoms with Crippen LogP contribution in [-0.2, 0) is 4.74 Å². The lowest BCUT2D eigenvalue weighted by molar-refractivity contribution is 0.0539. The Balaban J connectivity index is 1.91. The number of nitrogens with zero attached hydrogens (tertiary/aromatic N) is 2. The first kappa shape index (κ1) is 9.98. The van der Waals surface area contributed by atoms with Gasteiger partial charge < -0.3 is 9.64 Å². The Labute approximate surface area is 88.8 Å². The van der Waals surface area contributed by atoms with Crippen molar-refractivity contribution in [1.82, 2.24) is 10.2 Å². The van der Waals surface area contributed by atoms with Gasteiger partial charge in [-0.25, -0.2) is 4.79 Å². The van der Waals surface area contributed by atoms with Crippen LogP contribution in [0.3, 0.4) is 0 Å². The van der Waals surface area contributed by atoms with Gasteiger partial charge in [0, 0.05) is 13.1 Å². The van der Waals surface area contributed by atoms with Crippen molar-refractivity contribution in [2.24, 2.45) is 0 Å². The highest BCUT2D eigenvalue weighted by atomic mass is 16.5. The second-order valence-electron chi connectivity index (χ2n) is 3.33. The van der Waals surface area contributed by atoms with E-state index in [2.05, 4.69) is 5.32 Å². The van der Waals surface area contributed by atoms with E-state index >= 15 is 0 Å². The van der Waals surface area contributed by atoms with Gasteiger partial charge in [-0.15, -0.1) is 0 Å². The molecular formula is C11H13N2O2. The number of urea groups is 1. The number of rotatable bonds is 1. The van der Waals surface area contributed by atoms with Crippen molar-refractivity contribution in [3.05, 3.63) is 30.3 Å². The maximum Gasteiger partial charge on any atom is 0.344 e. The van der Waals surface area contributed by atoms with Crippen LogP contribution in [0, 0.1) is 0 Å². The highest BCUT2D eigenvalue weighted by Crippen LogP contribution is 2.07. The SMILES string of the molecule is O=C([N]c1ccccc1)N1CCOCC1. The summed E-state index contributed by atoms with van der Waals surface area (Å²) in [4.78, 5) is 13.4. The number of amides is 2. The molecule has 0 unspecified atom stereocenters. The van der Waals surface area contributed by atoms with E-state index in [1.54, 1.807) is 4.90 Å². The summed E-state index contributed by atoms with van der Waals surface area (Å²) in [5.74, 6) is 0. The molecule has 1 heterocycles. The zero-order chi connectivity index (χ0) is 10.5. The maximum atomic E-state index is 11.7. The maximum absolute atomic E-state index is 11.7. The van der Waals surface area contributed by atoms with Crippen molar-refractivity contribution < 1.29 is 9.53 Å². The Bertz CT molecular complexity index is 321. The molecule has 0 aliphatic carbocycles. The third-order valence-corrected chi connectivity index (χ3v) is 2.26. The average Bonchev–Trinajstić information content (AvgIpc) is 2.31. The van der Waals surface area contributed by atoms with Crippen LogP contribution in [0.25, 0.3) is 0 Å². The zero-order valence-electron chi connectivity index (χ0n) is 8.43. The zero-order valence-corrected chi connectivity index (χ0v) is 8.43. The fourth-order valence-electron chi connectivity index (χ4n) is 1.44. The fourth-order valence-corrected chi connectivity index (χ4v) is 1.44. The minimum atomic E-state index is -0.176. The van der Waals surface area contributed by atoms with Crippen molar-refractivity contribution in [3.63, 3.8) is 0 Å². The predicted molar refractivity (Wildman–Crippen MR) is 56.0 cm³/mol. The predicted octanol–water partition coefficient (Wildman–Crippen LogP) is 1.37. The van der Waals surface area contributed by atoms with Crippen molar-refractivity contribution in [2.45, 2.75) is 0 Å². The monoisotopic (exact) mass is 205 g/mol. The van der Waals surface area contributed by atoms with Crippen LogP contribution in [-0.4, -0.2) is 37.2 Å². The molecule has 1 saturated heterocycles. The highest BCUT2D eigenvalue weighted by molar-refractivity contribution is 5.79. The molecule has 0 aromatic heterocycles. The summed E-state index contributed by atoms with van der Waals surface area (Å²) in [6, 6.07) is 9.09. The first-order chi connectivity index (χ1) is 7.36. The molecule has 2 rings (SSSR count). The van der Waals surface area contributed by atoms with Gasteiger partial charge in [-0.3, -0.25) is 0 Å². The van der Waals surface area contributed by atoms with E-state index in [-0.39, 0.29) is 6.03 Å². The molecule has 0 N–H and O–H groups in total. The Morgan fingerprint density at radius 2 is 1.87 bits per heavy atom. The first-order valence-electron chi connectivity index (χ1n) is 5.00. The quantitative estimate of drug-likeness (QED) is 0.695. The van der Waals surface area contributed by atoms with Gasteiger partial charge >= 0.3 is 6.03 Å². The van der Waals surface area contributed by atoms with Crippen LogP contribution in [0.4, 0.5) is 10.5 Å². The summed E-state index contributed by atoms with van der Waals surface area (Å²) >= 11 is 0. The van der Waals surface area contributed by atoms with Gasteiger partial charge in [-0.2, -0.15) is 5.32 Å². The topological polar surface area (TPSA) is 43.6 Å².